The number of fused-ring (bicyclic) bond motifs is 4. The maximum atomic E-state index is 14.2. The number of nitrogens with zero attached hydrogens (tertiary/aromatic N) is 1. The van der Waals surface area contributed by atoms with Gasteiger partial charge in [-0.1, -0.05) is 36.8 Å². The molecule has 0 saturated carbocycles. The van der Waals surface area contributed by atoms with E-state index in [1.165, 1.54) is 20.1 Å². The zero-order valence-electron chi connectivity index (χ0n) is 29.7. The Bertz CT molecular complexity index is 2010. The topological polar surface area (TPSA) is 136 Å². The van der Waals surface area contributed by atoms with Gasteiger partial charge in [-0.05, 0) is 67.0 Å². The smallest absolute Gasteiger partial charge is 0.224 e. The number of benzene rings is 2. The first-order valence-electron chi connectivity index (χ1n) is 17.6. The summed E-state index contributed by atoms with van der Waals surface area (Å²) in [6.45, 7) is 3.20. The van der Waals surface area contributed by atoms with Crippen molar-refractivity contribution in [2.45, 2.75) is 64.3 Å². The van der Waals surface area contributed by atoms with Gasteiger partial charge < -0.3 is 34.2 Å². The Morgan fingerprint density at radius 1 is 0.941 bits per heavy atom. The molecule has 1 aliphatic heterocycles. The summed E-state index contributed by atoms with van der Waals surface area (Å²) < 4.78 is 23.8. The molecule has 3 aromatic carbocycles. The highest BCUT2D eigenvalue weighted by atomic mass is 16.5. The fraction of sp³-hybridized carbons (Fsp3) is 0.400. The molecule has 11 heteroatoms. The molecule has 1 aromatic heterocycles. The quantitative estimate of drug-likeness (QED) is 0.190. The predicted octanol–water partition coefficient (Wildman–Crippen LogP) is 5.73. The molecule has 2 N–H and O–H groups in total. The number of furan rings is 1. The van der Waals surface area contributed by atoms with Crippen molar-refractivity contribution in [2.24, 2.45) is 0 Å². The van der Waals surface area contributed by atoms with Crippen LogP contribution in [0.5, 0.6) is 17.2 Å². The second kappa shape index (κ2) is 15.7. The van der Waals surface area contributed by atoms with E-state index >= 15 is 0 Å². The van der Waals surface area contributed by atoms with Crippen LogP contribution in [-0.4, -0.2) is 63.6 Å². The SMILES string of the molecule is COc1cc2c(c(OC)c1OC)-c1cc3c(CC(=O)NCCCN4CCCCCC4=O)c(-c4ccccc4)oc3c(=O)cc1C(NC(C)=O)CC2. The normalized spacial score (nSPS) is 15.6. The summed E-state index contributed by atoms with van der Waals surface area (Å²) in [5, 5.41) is 6.55. The first kappa shape index (κ1) is 35.5. The van der Waals surface area contributed by atoms with Gasteiger partial charge in [0, 0.05) is 55.1 Å². The molecule has 6 rings (SSSR count). The molecule has 3 amide bonds. The van der Waals surface area contributed by atoms with Crippen LogP contribution in [0, 0.1) is 0 Å². The summed E-state index contributed by atoms with van der Waals surface area (Å²) >= 11 is 0. The Balaban J connectivity index is 1.48. The van der Waals surface area contributed by atoms with E-state index in [1.807, 2.05) is 47.4 Å². The van der Waals surface area contributed by atoms with Gasteiger partial charge in [0.25, 0.3) is 0 Å². The largest absolute Gasteiger partial charge is 0.493 e. The molecule has 1 fully saturated rings. The molecule has 1 saturated heterocycles. The summed E-state index contributed by atoms with van der Waals surface area (Å²) in [5.74, 6) is 1.46. The van der Waals surface area contributed by atoms with Crippen molar-refractivity contribution in [1.82, 2.24) is 15.5 Å². The van der Waals surface area contributed by atoms with Gasteiger partial charge in [-0.2, -0.15) is 0 Å². The highest BCUT2D eigenvalue weighted by molar-refractivity contribution is 5.96. The minimum Gasteiger partial charge on any atom is -0.493 e. The van der Waals surface area contributed by atoms with Crippen molar-refractivity contribution < 1.29 is 33.0 Å². The molecule has 0 bridgehead atoms. The maximum absolute atomic E-state index is 14.2. The third-order valence-corrected chi connectivity index (χ3v) is 9.77. The van der Waals surface area contributed by atoms with Crippen LogP contribution in [0.25, 0.3) is 33.4 Å². The fourth-order valence-corrected chi connectivity index (χ4v) is 7.37. The Morgan fingerprint density at radius 3 is 2.45 bits per heavy atom. The number of carbonyl (C=O) groups excluding carboxylic acids is 3. The number of likely N-dealkylation sites (tertiary alicyclic amines) is 1. The molecule has 0 spiro atoms. The van der Waals surface area contributed by atoms with Crippen molar-refractivity contribution in [1.29, 1.82) is 0 Å². The molecule has 1 atom stereocenters. The molecule has 4 aromatic rings. The zero-order valence-corrected chi connectivity index (χ0v) is 29.7. The van der Waals surface area contributed by atoms with Crippen molar-refractivity contribution >= 4 is 28.7 Å². The first-order chi connectivity index (χ1) is 24.7. The fourth-order valence-electron chi connectivity index (χ4n) is 7.37. The average Bonchev–Trinajstić information content (AvgIpc) is 3.21. The Labute approximate surface area is 297 Å². The maximum Gasteiger partial charge on any atom is 0.224 e. The number of carbonyl (C=O) groups is 3. The lowest BCUT2D eigenvalue weighted by Gasteiger charge is -2.20. The summed E-state index contributed by atoms with van der Waals surface area (Å²) in [6, 6.07) is 14.2. The lowest BCUT2D eigenvalue weighted by molar-refractivity contribution is -0.130. The van der Waals surface area contributed by atoms with Crippen LogP contribution in [0.3, 0.4) is 0 Å². The number of rotatable bonds is 11. The molecule has 268 valence electrons. The Hall–Kier alpha value is -5.32. The minimum absolute atomic E-state index is 0.0524. The van der Waals surface area contributed by atoms with Gasteiger partial charge in [0.1, 0.15) is 5.76 Å². The van der Waals surface area contributed by atoms with E-state index in [0.29, 0.717) is 89.4 Å². The summed E-state index contributed by atoms with van der Waals surface area (Å²) in [6.07, 6.45) is 5.20. The van der Waals surface area contributed by atoms with Crippen LogP contribution in [0.4, 0.5) is 0 Å². The van der Waals surface area contributed by atoms with Crippen LogP contribution in [-0.2, 0) is 27.2 Å². The van der Waals surface area contributed by atoms with E-state index < -0.39 is 6.04 Å². The van der Waals surface area contributed by atoms with E-state index in [9.17, 15) is 19.2 Å². The number of methoxy groups -OCH3 is 3. The van der Waals surface area contributed by atoms with Gasteiger partial charge >= 0.3 is 0 Å². The molecule has 2 aliphatic rings. The van der Waals surface area contributed by atoms with Crippen molar-refractivity contribution in [3.63, 3.8) is 0 Å². The summed E-state index contributed by atoms with van der Waals surface area (Å²) in [7, 11) is 4.65. The molecular weight excluding hydrogens is 650 g/mol. The molecule has 11 nitrogen and oxygen atoms in total. The van der Waals surface area contributed by atoms with E-state index in [4.69, 9.17) is 18.6 Å². The van der Waals surface area contributed by atoms with Crippen LogP contribution in [0.1, 0.15) is 68.2 Å². The molecular formula is C40H45N3O8. The van der Waals surface area contributed by atoms with Gasteiger partial charge in [-0.25, -0.2) is 0 Å². The average molecular weight is 696 g/mol. The summed E-state index contributed by atoms with van der Waals surface area (Å²) in [5.41, 5.74) is 3.86. The number of nitrogens with one attached hydrogen (secondary N) is 2. The van der Waals surface area contributed by atoms with Crippen LogP contribution < -0.4 is 30.3 Å². The van der Waals surface area contributed by atoms with Crippen LogP contribution >= 0.6 is 0 Å². The van der Waals surface area contributed by atoms with Crippen molar-refractivity contribution in [2.75, 3.05) is 41.0 Å². The number of hydrogen-bond acceptors (Lipinski definition) is 8. The number of aryl methyl sites for hydroxylation is 1. The van der Waals surface area contributed by atoms with Gasteiger partial charge in [-0.15, -0.1) is 0 Å². The molecule has 1 aliphatic carbocycles. The van der Waals surface area contributed by atoms with E-state index in [0.717, 1.165) is 36.9 Å². The third kappa shape index (κ3) is 7.43. The lowest BCUT2D eigenvalue weighted by atomic mass is 9.94. The van der Waals surface area contributed by atoms with Crippen molar-refractivity contribution in [3.05, 3.63) is 75.4 Å². The molecule has 2 heterocycles. The minimum atomic E-state index is -0.493. The van der Waals surface area contributed by atoms with Gasteiger partial charge in [-0.3, -0.25) is 19.2 Å². The monoisotopic (exact) mass is 695 g/mol. The third-order valence-electron chi connectivity index (χ3n) is 9.77. The predicted molar refractivity (Wildman–Crippen MR) is 194 cm³/mol. The number of hydrogen-bond donors (Lipinski definition) is 2. The zero-order chi connectivity index (χ0) is 36.1. The standard InChI is InChI=1S/C40H45N3O8/c1-24(44)42-31-16-15-26-20-33(48-2)39(49-3)40(50-4)36(26)28-21-29-30(23-34(46)41-17-11-19-43-18-10-6-9-14-35(43)47)37(25-12-7-5-8-13-25)51-38(29)32(45)22-27(28)31/h5,7-8,12-13,20-22,31H,6,9-11,14-19,23H2,1-4H3,(H,41,46)(H,42,44). The van der Waals surface area contributed by atoms with Gasteiger partial charge in [0.15, 0.2) is 17.1 Å². The highest BCUT2D eigenvalue weighted by Crippen LogP contribution is 2.51. The summed E-state index contributed by atoms with van der Waals surface area (Å²) in [4.78, 5) is 54.6. The molecule has 0 radical (unpaired) electrons. The van der Waals surface area contributed by atoms with Crippen LogP contribution in [0.2, 0.25) is 0 Å². The molecule has 51 heavy (non-hydrogen) atoms. The van der Waals surface area contributed by atoms with Crippen LogP contribution in [0.15, 0.2) is 57.7 Å². The second-order valence-corrected chi connectivity index (χ2v) is 13.1. The number of ether oxygens (including phenoxy) is 3. The highest BCUT2D eigenvalue weighted by Gasteiger charge is 2.31. The number of amides is 3. The van der Waals surface area contributed by atoms with E-state index in [1.54, 1.807) is 14.2 Å². The van der Waals surface area contributed by atoms with Crippen molar-refractivity contribution in [3.8, 4) is 39.7 Å². The second-order valence-electron chi connectivity index (χ2n) is 13.1. The Kier molecular flexibility index (Phi) is 10.9. The van der Waals surface area contributed by atoms with Gasteiger partial charge in [0.2, 0.25) is 28.9 Å². The first-order valence-corrected chi connectivity index (χ1v) is 17.6. The Morgan fingerprint density at radius 2 is 1.73 bits per heavy atom. The van der Waals surface area contributed by atoms with Gasteiger partial charge in [0.05, 0.1) is 33.8 Å². The molecule has 1 unspecified atom stereocenters. The van der Waals surface area contributed by atoms with E-state index in [-0.39, 0.29) is 35.2 Å². The lowest BCUT2D eigenvalue weighted by Crippen LogP contribution is -2.34. The van der Waals surface area contributed by atoms with E-state index in [2.05, 4.69) is 10.6 Å².